The van der Waals surface area contributed by atoms with Crippen molar-refractivity contribution in [3.63, 3.8) is 0 Å². The largest absolute Gasteiger partial charge is 0.382 e. The molecule has 16 heavy (non-hydrogen) atoms. The van der Waals surface area contributed by atoms with Crippen molar-refractivity contribution >= 4 is 21.7 Å². The summed E-state index contributed by atoms with van der Waals surface area (Å²) in [7, 11) is 0. The number of nitrogens with zero attached hydrogens (tertiary/aromatic N) is 2. The number of hydrogen-bond donors (Lipinski definition) is 1. The van der Waals surface area contributed by atoms with Crippen LogP contribution < -0.4 is 5.73 Å². The first-order valence-corrected chi connectivity index (χ1v) is 6.17. The first-order chi connectivity index (χ1) is 7.03. The van der Waals surface area contributed by atoms with Gasteiger partial charge in [0.1, 0.15) is 10.4 Å². The summed E-state index contributed by atoms with van der Waals surface area (Å²) in [6.45, 7) is 12.5. The molecule has 1 heterocycles. The van der Waals surface area contributed by atoms with Gasteiger partial charge in [0.15, 0.2) is 0 Å². The molecule has 0 saturated heterocycles. The molecule has 4 heteroatoms. The van der Waals surface area contributed by atoms with E-state index in [1.807, 2.05) is 0 Å². The normalized spacial score (nSPS) is 12.9. The van der Waals surface area contributed by atoms with Crippen LogP contribution in [0.25, 0.3) is 0 Å². The monoisotopic (exact) mass is 285 g/mol. The van der Waals surface area contributed by atoms with Gasteiger partial charge >= 0.3 is 0 Å². The van der Waals surface area contributed by atoms with Gasteiger partial charge in [0.25, 0.3) is 0 Å². The molecule has 0 aliphatic carbocycles. The molecular weight excluding hydrogens is 266 g/mol. The van der Waals surface area contributed by atoms with Crippen LogP contribution in [0.4, 0.5) is 5.82 Å². The molecule has 0 radical (unpaired) electrons. The molecule has 0 unspecified atom stereocenters. The number of hydrogen-bond acceptors (Lipinski definition) is 3. The van der Waals surface area contributed by atoms with Gasteiger partial charge in [-0.25, -0.2) is 9.97 Å². The quantitative estimate of drug-likeness (QED) is 0.795. The van der Waals surface area contributed by atoms with E-state index in [1.165, 1.54) is 0 Å². The van der Waals surface area contributed by atoms with E-state index in [1.54, 1.807) is 0 Å². The Balaban J connectivity index is 3.40. The molecule has 0 aliphatic heterocycles. The second-order valence-corrected chi connectivity index (χ2v) is 6.85. The Bertz CT molecular complexity index is 360. The topological polar surface area (TPSA) is 51.8 Å². The van der Waals surface area contributed by atoms with Crippen molar-refractivity contribution in [2.75, 3.05) is 5.73 Å². The van der Waals surface area contributed by atoms with Gasteiger partial charge in [-0.1, -0.05) is 41.5 Å². The van der Waals surface area contributed by atoms with Crippen molar-refractivity contribution in [1.29, 1.82) is 0 Å². The molecule has 2 N–H and O–H groups in total. The number of halogens is 1. The van der Waals surface area contributed by atoms with Crippen LogP contribution in [0.15, 0.2) is 4.60 Å². The van der Waals surface area contributed by atoms with E-state index in [0.717, 1.165) is 16.0 Å². The van der Waals surface area contributed by atoms with Gasteiger partial charge in [-0.3, -0.25) is 0 Å². The van der Waals surface area contributed by atoms with Crippen LogP contribution in [0.2, 0.25) is 0 Å². The molecule has 90 valence electrons. The fraction of sp³-hybridized carbons (Fsp3) is 0.667. The number of aromatic nitrogens is 2. The van der Waals surface area contributed by atoms with Crippen LogP contribution in [0.5, 0.6) is 0 Å². The first kappa shape index (κ1) is 13.4. The summed E-state index contributed by atoms with van der Waals surface area (Å²) in [5, 5.41) is 0. The lowest BCUT2D eigenvalue weighted by Crippen LogP contribution is -2.22. The molecule has 1 rings (SSSR count). The molecule has 1 aromatic heterocycles. The highest BCUT2D eigenvalue weighted by Gasteiger charge is 2.26. The number of rotatable bonds is 0. The molecule has 0 fully saturated rings. The van der Waals surface area contributed by atoms with Gasteiger partial charge in [0.2, 0.25) is 0 Å². The van der Waals surface area contributed by atoms with Crippen LogP contribution in [-0.4, -0.2) is 9.97 Å². The van der Waals surface area contributed by atoms with Crippen molar-refractivity contribution in [2.24, 2.45) is 0 Å². The Morgan fingerprint density at radius 3 is 1.69 bits per heavy atom. The molecule has 0 saturated carbocycles. The third kappa shape index (κ3) is 2.73. The van der Waals surface area contributed by atoms with Crippen LogP contribution >= 0.6 is 15.9 Å². The summed E-state index contributed by atoms with van der Waals surface area (Å²) in [6, 6.07) is 0. The van der Waals surface area contributed by atoms with Crippen molar-refractivity contribution in [3.05, 3.63) is 16.0 Å². The molecule has 0 spiro atoms. The average molecular weight is 286 g/mol. The SMILES string of the molecule is CC(C)(C)c1nc(Br)c(C(C)(C)C)nc1N. The van der Waals surface area contributed by atoms with Crippen molar-refractivity contribution < 1.29 is 0 Å². The molecule has 0 amide bonds. The van der Waals surface area contributed by atoms with E-state index < -0.39 is 0 Å². The summed E-state index contributed by atoms with van der Waals surface area (Å²) in [5.41, 5.74) is 7.57. The molecule has 0 bridgehead atoms. The molecule has 0 aromatic carbocycles. The van der Waals surface area contributed by atoms with Crippen LogP contribution in [0, 0.1) is 0 Å². The zero-order valence-corrected chi connectivity index (χ0v) is 12.4. The Morgan fingerprint density at radius 1 is 0.875 bits per heavy atom. The van der Waals surface area contributed by atoms with Gasteiger partial charge in [-0.05, 0) is 15.9 Å². The van der Waals surface area contributed by atoms with Gasteiger partial charge in [-0.2, -0.15) is 0 Å². The minimum Gasteiger partial charge on any atom is -0.382 e. The highest BCUT2D eigenvalue weighted by molar-refractivity contribution is 9.10. The van der Waals surface area contributed by atoms with Gasteiger partial charge in [0, 0.05) is 10.8 Å². The zero-order valence-electron chi connectivity index (χ0n) is 10.8. The minimum absolute atomic E-state index is 0.0592. The van der Waals surface area contributed by atoms with E-state index in [4.69, 9.17) is 5.73 Å². The van der Waals surface area contributed by atoms with Gasteiger partial charge in [0.05, 0.1) is 11.4 Å². The summed E-state index contributed by atoms with van der Waals surface area (Å²) < 4.78 is 0.791. The number of nitrogen functional groups attached to an aromatic ring is 1. The third-order valence-electron chi connectivity index (χ3n) is 2.30. The zero-order chi connectivity index (χ0) is 12.7. The molecule has 0 atom stereocenters. The van der Waals surface area contributed by atoms with Crippen LogP contribution in [-0.2, 0) is 10.8 Å². The van der Waals surface area contributed by atoms with Crippen molar-refractivity contribution in [1.82, 2.24) is 9.97 Å². The van der Waals surface area contributed by atoms with E-state index in [2.05, 4.69) is 67.4 Å². The maximum atomic E-state index is 5.98. The van der Waals surface area contributed by atoms with Gasteiger partial charge < -0.3 is 5.73 Å². The number of nitrogens with two attached hydrogens (primary N) is 1. The highest BCUT2D eigenvalue weighted by atomic mass is 79.9. The van der Waals surface area contributed by atoms with E-state index >= 15 is 0 Å². The van der Waals surface area contributed by atoms with Crippen LogP contribution in [0.3, 0.4) is 0 Å². The van der Waals surface area contributed by atoms with Crippen LogP contribution in [0.1, 0.15) is 52.9 Å². The lowest BCUT2D eigenvalue weighted by Gasteiger charge is -2.24. The van der Waals surface area contributed by atoms with E-state index in [0.29, 0.717) is 5.82 Å². The highest BCUT2D eigenvalue weighted by Crippen LogP contribution is 2.32. The molecule has 1 aromatic rings. The summed E-state index contributed by atoms with van der Waals surface area (Å²) >= 11 is 3.48. The standard InChI is InChI=1S/C12H20BrN3/c1-11(2,3)7-9(13)15-8(10(14)16-7)12(4,5)6/h1-6H3,(H2,14,16). The van der Waals surface area contributed by atoms with E-state index in [9.17, 15) is 0 Å². The average Bonchev–Trinajstić information content (AvgIpc) is 2.04. The molecular formula is C12H20BrN3. The van der Waals surface area contributed by atoms with Gasteiger partial charge in [-0.15, -0.1) is 0 Å². The maximum absolute atomic E-state index is 5.98. The number of anilines is 1. The Hall–Kier alpha value is -0.640. The Morgan fingerprint density at radius 2 is 1.31 bits per heavy atom. The fourth-order valence-corrected chi connectivity index (χ4v) is 2.32. The predicted octanol–water partition coefficient (Wildman–Crippen LogP) is 3.42. The summed E-state index contributed by atoms with van der Waals surface area (Å²) in [6.07, 6.45) is 0. The second-order valence-electron chi connectivity index (χ2n) is 6.10. The summed E-state index contributed by atoms with van der Waals surface area (Å²) in [4.78, 5) is 9.02. The molecule has 3 nitrogen and oxygen atoms in total. The smallest absolute Gasteiger partial charge is 0.146 e. The fourth-order valence-electron chi connectivity index (χ4n) is 1.46. The Labute approximate surface area is 106 Å². The molecule has 0 aliphatic rings. The lowest BCUT2D eigenvalue weighted by atomic mass is 9.89. The predicted molar refractivity (Wildman–Crippen MR) is 71.5 cm³/mol. The Kier molecular flexibility index (Phi) is 3.34. The van der Waals surface area contributed by atoms with Crippen molar-refractivity contribution in [3.8, 4) is 0 Å². The minimum atomic E-state index is -0.0873. The first-order valence-electron chi connectivity index (χ1n) is 5.37. The summed E-state index contributed by atoms with van der Waals surface area (Å²) in [5.74, 6) is 0.528. The second kappa shape index (κ2) is 3.99. The lowest BCUT2D eigenvalue weighted by molar-refractivity contribution is 0.538. The third-order valence-corrected chi connectivity index (χ3v) is 2.85. The maximum Gasteiger partial charge on any atom is 0.146 e. The van der Waals surface area contributed by atoms with E-state index in [-0.39, 0.29) is 10.8 Å². The van der Waals surface area contributed by atoms with Crippen molar-refractivity contribution in [2.45, 2.75) is 52.4 Å².